The van der Waals surface area contributed by atoms with Gasteiger partial charge in [-0.25, -0.2) is 4.79 Å². The van der Waals surface area contributed by atoms with Gasteiger partial charge >= 0.3 is 5.69 Å². The lowest BCUT2D eigenvalue weighted by molar-refractivity contribution is -0.114. The molecule has 3 rings (SSSR count). The van der Waals surface area contributed by atoms with Crippen LogP contribution in [0.5, 0.6) is 0 Å². The second-order valence-electron chi connectivity index (χ2n) is 5.71. The van der Waals surface area contributed by atoms with Crippen molar-refractivity contribution in [2.45, 2.75) is 6.92 Å². The third-order valence-corrected chi connectivity index (χ3v) is 3.82. The molecule has 0 bridgehead atoms. The van der Waals surface area contributed by atoms with Gasteiger partial charge in [-0.15, -0.1) is 0 Å². The first kappa shape index (κ1) is 18.3. The molecule has 2 aromatic carbocycles. The summed E-state index contributed by atoms with van der Waals surface area (Å²) in [7, 11) is 0. The number of amides is 2. The molecule has 0 radical (unpaired) electrons. The Morgan fingerprint density at radius 2 is 1.67 bits per heavy atom. The lowest BCUT2D eigenvalue weighted by Gasteiger charge is -2.08. The van der Waals surface area contributed by atoms with Gasteiger partial charge in [0.1, 0.15) is 5.69 Å². The molecule has 0 spiro atoms. The molecule has 8 heteroatoms. The van der Waals surface area contributed by atoms with Crippen molar-refractivity contribution in [2.75, 3.05) is 10.6 Å². The van der Waals surface area contributed by atoms with Crippen LogP contribution in [0.25, 0.3) is 11.3 Å². The first-order chi connectivity index (χ1) is 12.9. The minimum atomic E-state index is -0.639. The van der Waals surface area contributed by atoms with Crippen molar-refractivity contribution in [3.05, 3.63) is 75.8 Å². The monoisotopic (exact) mass is 382 g/mol. The van der Waals surface area contributed by atoms with Crippen LogP contribution < -0.4 is 16.3 Å². The highest BCUT2D eigenvalue weighted by atomic mass is 35.5. The molecular weight excluding hydrogens is 368 g/mol. The van der Waals surface area contributed by atoms with E-state index in [0.29, 0.717) is 27.7 Å². The van der Waals surface area contributed by atoms with Crippen molar-refractivity contribution in [1.29, 1.82) is 0 Å². The molecule has 1 heterocycles. The summed E-state index contributed by atoms with van der Waals surface area (Å²) in [6, 6.07) is 14.9. The van der Waals surface area contributed by atoms with Gasteiger partial charge in [0.05, 0.1) is 5.69 Å². The summed E-state index contributed by atoms with van der Waals surface area (Å²) in [6.07, 6.45) is 0. The number of halogens is 1. The van der Waals surface area contributed by atoms with Crippen LogP contribution in [0.2, 0.25) is 5.02 Å². The van der Waals surface area contributed by atoms with Gasteiger partial charge in [-0.1, -0.05) is 29.8 Å². The molecule has 3 N–H and O–H groups in total. The second-order valence-corrected chi connectivity index (χ2v) is 6.14. The predicted octanol–water partition coefficient (Wildman–Crippen LogP) is 3.30. The molecule has 27 heavy (non-hydrogen) atoms. The molecule has 0 fully saturated rings. The quantitative estimate of drug-likeness (QED) is 0.643. The maximum absolute atomic E-state index is 12.5. The Balaban J connectivity index is 1.86. The Hall–Kier alpha value is -3.45. The number of carbonyl (C=O) groups excluding carboxylic acids is 2. The number of aromatic amines is 1. The molecule has 0 aliphatic heterocycles. The van der Waals surface area contributed by atoms with Crippen molar-refractivity contribution in [2.24, 2.45) is 0 Å². The van der Waals surface area contributed by atoms with Crippen LogP contribution in [0.4, 0.5) is 11.4 Å². The van der Waals surface area contributed by atoms with Crippen LogP contribution in [0.15, 0.2) is 59.4 Å². The van der Waals surface area contributed by atoms with E-state index in [1.54, 1.807) is 48.5 Å². The molecule has 3 aromatic rings. The number of hydrogen-bond acceptors (Lipinski definition) is 4. The number of rotatable bonds is 4. The zero-order valence-corrected chi connectivity index (χ0v) is 15.0. The van der Waals surface area contributed by atoms with Gasteiger partial charge in [-0.05, 0) is 36.4 Å². The van der Waals surface area contributed by atoms with E-state index >= 15 is 0 Å². The van der Waals surface area contributed by atoms with E-state index in [0.717, 1.165) is 0 Å². The van der Waals surface area contributed by atoms with Gasteiger partial charge in [0.15, 0.2) is 0 Å². The third kappa shape index (κ3) is 4.80. The molecule has 1 aromatic heterocycles. The summed E-state index contributed by atoms with van der Waals surface area (Å²) in [5.41, 5.74) is 1.45. The molecule has 0 atom stereocenters. The topological polar surface area (TPSA) is 104 Å². The Morgan fingerprint density at radius 1 is 1.00 bits per heavy atom. The standard InChI is InChI=1S/C19H15ClN4O3/c1-11(25)21-14-3-2-4-15(9-14)22-18(26)17-10-16(23-19(27)24-17)12-5-7-13(20)8-6-12/h2-10H,1H3,(H,21,25)(H,22,26)(H,23,24,27). The van der Waals surface area contributed by atoms with E-state index in [9.17, 15) is 14.4 Å². The molecule has 0 aliphatic carbocycles. The number of carbonyl (C=O) groups is 2. The Bertz CT molecular complexity index is 1060. The molecule has 0 saturated heterocycles. The molecule has 0 saturated carbocycles. The number of anilines is 2. The Kier molecular flexibility index (Phi) is 5.33. The Morgan fingerprint density at radius 3 is 2.33 bits per heavy atom. The number of hydrogen-bond donors (Lipinski definition) is 3. The van der Waals surface area contributed by atoms with Gasteiger partial charge in [0.2, 0.25) is 5.91 Å². The minimum Gasteiger partial charge on any atom is -0.326 e. The van der Waals surface area contributed by atoms with Gasteiger partial charge in [-0.2, -0.15) is 4.98 Å². The number of benzene rings is 2. The SMILES string of the molecule is CC(=O)Nc1cccc(NC(=O)c2cc(-c3ccc(Cl)cc3)nc(=O)[nH]2)c1. The van der Waals surface area contributed by atoms with Crippen LogP contribution in [-0.2, 0) is 4.79 Å². The van der Waals surface area contributed by atoms with E-state index in [1.165, 1.54) is 13.0 Å². The first-order valence-corrected chi connectivity index (χ1v) is 8.35. The van der Waals surface area contributed by atoms with Crippen LogP contribution in [0.3, 0.4) is 0 Å². The molecular formula is C19H15ClN4O3. The fourth-order valence-electron chi connectivity index (χ4n) is 2.42. The number of aromatic nitrogens is 2. The highest BCUT2D eigenvalue weighted by Crippen LogP contribution is 2.20. The van der Waals surface area contributed by atoms with Crippen molar-refractivity contribution >= 4 is 34.8 Å². The maximum atomic E-state index is 12.5. The van der Waals surface area contributed by atoms with E-state index in [1.807, 2.05) is 0 Å². The van der Waals surface area contributed by atoms with Crippen molar-refractivity contribution < 1.29 is 9.59 Å². The predicted molar refractivity (Wildman–Crippen MR) is 104 cm³/mol. The number of H-pyrrole nitrogens is 1. The normalized spacial score (nSPS) is 10.3. The van der Waals surface area contributed by atoms with E-state index in [4.69, 9.17) is 11.6 Å². The molecule has 0 aliphatic rings. The molecule has 7 nitrogen and oxygen atoms in total. The minimum absolute atomic E-state index is 0.0601. The maximum Gasteiger partial charge on any atom is 0.346 e. The average molecular weight is 383 g/mol. The summed E-state index contributed by atoms with van der Waals surface area (Å²) in [5.74, 6) is -0.728. The molecule has 2 amide bonds. The highest BCUT2D eigenvalue weighted by molar-refractivity contribution is 6.30. The number of nitrogens with zero attached hydrogens (tertiary/aromatic N) is 1. The average Bonchev–Trinajstić information content (AvgIpc) is 2.61. The van der Waals surface area contributed by atoms with Gasteiger partial charge in [0, 0.05) is 28.9 Å². The molecule has 0 unspecified atom stereocenters. The van der Waals surface area contributed by atoms with Crippen LogP contribution in [0, 0.1) is 0 Å². The first-order valence-electron chi connectivity index (χ1n) is 7.97. The lowest BCUT2D eigenvalue weighted by atomic mass is 10.1. The van der Waals surface area contributed by atoms with Crippen LogP contribution in [-0.4, -0.2) is 21.8 Å². The van der Waals surface area contributed by atoms with E-state index in [-0.39, 0.29) is 11.6 Å². The largest absolute Gasteiger partial charge is 0.346 e. The lowest BCUT2D eigenvalue weighted by Crippen LogP contribution is -2.21. The summed E-state index contributed by atoms with van der Waals surface area (Å²) in [5, 5.41) is 5.87. The summed E-state index contributed by atoms with van der Waals surface area (Å²) in [6.45, 7) is 1.39. The smallest absolute Gasteiger partial charge is 0.326 e. The molecule has 136 valence electrons. The third-order valence-electron chi connectivity index (χ3n) is 3.57. The van der Waals surface area contributed by atoms with E-state index < -0.39 is 11.6 Å². The van der Waals surface area contributed by atoms with Gasteiger partial charge in [0.25, 0.3) is 5.91 Å². The fraction of sp³-hybridized carbons (Fsp3) is 0.0526. The summed E-state index contributed by atoms with van der Waals surface area (Å²) >= 11 is 5.87. The van der Waals surface area contributed by atoms with Crippen molar-refractivity contribution in [3.8, 4) is 11.3 Å². The summed E-state index contributed by atoms with van der Waals surface area (Å²) in [4.78, 5) is 41.8. The summed E-state index contributed by atoms with van der Waals surface area (Å²) < 4.78 is 0. The fourth-order valence-corrected chi connectivity index (χ4v) is 2.55. The van der Waals surface area contributed by atoms with Crippen molar-refractivity contribution in [1.82, 2.24) is 9.97 Å². The van der Waals surface area contributed by atoms with E-state index in [2.05, 4.69) is 20.6 Å². The zero-order chi connectivity index (χ0) is 19.4. The number of nitrogens with one attached hydrogen (secondary N) is 3. The van der Waals surface area contributed by atoms with Crippen molar-refractivity contribution in [3.63, 3.8) is 0 Å². The van der Waals surface area contributed by atoms with Gasteiger partial charge in [-0.3, -0.25) is 9.59 Å². The zero-order valence-electron chi connectivity index (χ0n) is 14.2. The van der Waals surface area contributed by atoms with Crippen LogP contribution in [0.1, 0.15) is 17.4 Å². The van der Waals surface area contributed by atoms with Gasteiger partial charge < -0.3 is 15.6 Å². The Labute approximate surface area is 159 Å². The highest BCUT2D eigenvalue weighted by Gasteiger charge is 2.11. The van der Waals surface area contributed by atoms with Crippen LogP contribution >= 0.6 is 11.6 Å². The second kappa shape index (κ2) is 7.84.